The fourth-order valence-corrected chi connectivity index (χ4v) is 7.97. The molecule has 0 aromatic rings. The van der Waals surface area contributed by atoms with Crippen LogP contribution in [-0.2, 0) is 43.4 Å². The zero-order valence-electron chi connectivity index (χ0n) is 27.5. The minimum Gasteiger partial charge on any atom is -0.460 e. The highest BCUT2D eigenvalue weighted by Crippen LogP contribution is 2.46. The van der Waals surface area contributed by atoms with Gasteiger partial charge in [-0.15, -0.1) is 0 Å². The van der Waals surface area contributed by atoms with E-state index in [1.54, 1.807) is 32.9 Å². The molecule has 1 saturated heterocycles. The van der Waals surface area contributed by atoms with Gasteiger partial charge in [-0.1, -0.05) is 31.4 Å². The molecule has 0 aromatic carbocycles. The van der Waals surface area contributed by atoms with Crippen LogP contribution in [0.4, 0.5) is 4.79 Å². The summed E-state index contributed by atoms with van der Waals surface area (Å²) >= 11 is 0. The average Bonchev–Trinajstić information content (AvgIpc) is 3.92. The average molecular weight is 681 g/mol. The second-order valence-corrected chi connectivity index (χ2v) is 16.4. The molecule has 2 aliphatic heterocycles. The predicted molar refractivity (Wildman–Crippen MR) is 168 cm³/mol. The Balaban J connectivity index is 1.40. The van der Waals surface area contributed by atoms with Gasteiger partial charge in [0.25, 0.3) is 5.91 Å². The van der Waals surface area contributed by atoms with Gasteiger partial charge in [0, 0.05) is 18.9 Å². The topological polar surface area (TPSA) is 187 Å². The molecular weight excluding hydrogens is 632 g/mol. The van der Waals surface area contributed by atoms with Crippen LogP contribution in [0.3, 0.4) is 0 Å². The van der Waals surface area contributed by atoms with Crippen molar-refractivity contribution in [3.8, 4) is 0 Å². The van der Waals surface area contributed by atoms with Crippen molar-refractivity contribution in [2.75, 3.05) is 19.8 Å². The Bertz CT molecular complexity index is 1370. The van der Waals surface area contributed by atoms with Crippen LogP contribution < -0.4 is 15.4 Å². The molecule has 4 amide bonds. The van der Waals surface area contributed by atoms with E-state index < -0.39 is 74.3 Å². The van der Waals surface area contributed by atoms with Crippen molar-refractivity contribution in [3.05, 3.63) is 12.2 Å². The van der Waals surface area contributed by atoms with E-state index in [2.05, 4.69) is 15.4 Å². The Morgan fingerprint density at radius 3 is 2.45 bits per heavy atom. The first-order valence-electron chi connectivity index (χ1n) is 16.8. The summed E-state index contributed by atoms with van der Waals surface area (Å²) in [6.45, 7) is 5.48. The van der Waals surface area contributed by atoms with Gasteiger partial charge in [-0.3, -0.25) is 23.9 Å². The maximum atomic E-state index is 14.1. The number of amides is 4. The molecule has 2 heterocycles. The van der Waals surface area contributed by atoms with E-state index in [-0.39, 0.29) is 50.9 Å². The summed E-state index contributed by atoms with van der Waals surface area (Å²) in [6, 6.07) is -2.22. The van der Waals surface area contributed by atoms with Crippen LogP contribution >= 0.6 is 0 Å². The Morgan fingerprint density at radius 2 is 1.77 bits per heavy atom. The third-order valence-electron chi connectivity index (χ3n) is 9.39. The van der Waals surface area contributed by atoms with E-state index in [4.69, 9.17) is 14.2 Å². The van der Waals surface area contributed by atoms with Crippen molar-refractivity contribution in [3.63, 3.8) is 0 Å². The molecule has 5 rings (SSSR count). The van der Waals surface area contributed by atoms with E-state index in [1.165, 1.54) is 4.90 Å². The number of sulfonamides is 1. The summed E-state index contributed by atoms with van der Waals surface area (Å²) in [7, 11) is -3.90. The lowest BCUT2D eigenvalue weighted by molar-refractivity contribution is -0.155. The van der Waals surface area contributed by atoms with Gasteiger partial charge in [-0.25, -0.2) is 13.2 Å². The Hall–Kier alpha value is -3.20. The first-order valence-corrected chi connectivity index (χ1v) is 18.4. The highest BCUT2D eigenvalue weighted by molar-refractivity contribution is 7.91. The molecule has 0 unspecified atom stereocenters. The number of carbonyl (C=O) groups excluding carboxylic acids is 5. The molecule has 15 heteroatoms. The standard InChI is InChI=1S/C32H48N4O10S/c1-31(2,3)46-30(41)33-24-12-8-16-44-15-7-11-21-18-32(21,29(40)35-47(42,43)23-13-14-23)34-26(37)25-17-22(19-36(25)27(24)38)45-28(39)20-9-5-4-6-10-20/h7,11,20-25H,4-6,8-10,12-19H2,1-3H3,(H,33,41)(H,34,37)(H,35,40)/t21-,22-,24+,25+,32-/m1/s1. The first kappa shape index (κ1) is 35.1. The van der Waals surface area contributed by atoms with Crippen molar-refractivity contribution in [1.29, 1.82) is 0 Å². The minimum absolute atomic E-state index is 0.0170. The number of hydrogen-bond donors (Lipinski definition) is 3. The van der Waals surface area contributed by atoms with E-state index in [0.717, 1.165) is 32.1 Å². The van der Waals surface area contributed by atoms with Crippen molar-refractivity contribution in [1.82, 2.24) is 20.3 Å². The zero-order valence-corrected chi connectivity index (χ0v) is 28.3. The summed E-state index contributed by atoms with van der Waals surface area (Å²) in [5, 5.41) is 4.79. The number of fused-ring (bicyclic) bond motifs is 2. The number of ether oxygens (including phenoxy) is 3. The van der Waals surface area contributed by atoms with Crippen LogP contribution in [0.1, 0.15) is 91.4 Å². The summed E-state index contributed by atoms with van der Waals surface area (Å²) in [5.41, 5.74) is -2.37. The number of alkyl carbamates (subject to hydrolysis) is 1. The summed E-state index contributed by atoms with van der Waals surface area (Å²) in [4.78, 5) is 68.8. The van der Waals surface area contributed by atoms with Crippen LogP contribution in [0.15, 0.2) is 12.2 Å². The lowest BCUT2D eigenvalue weighted by Crippen LogP contribution is -2.58. The fourth-order valence-electron chi connectivity index (χ4n) is 6.61. The number of rotatable bonds is 6. The predicted octanol–water partition coefficient (Wildman–Crippen LogP) is 1.82. The monoisotopic (exact) mass is 680 g/mol. The molecule has 0 radical (unpaired) electrons. The number of nitrogens with one attached hydrogen (secondary N) is 3. The Labute approximate surface area is 276 Å². The van der Waals surface area contributed by atoms with Crippen molar-refractivity contribution in [2.24, 2.45) is 11.8 Å². The van der Waals surface area contributed by atoms with Crippen molar-refractivity contribution in [2.45, 2.75) is 126 Å². The van der Waals surface area contributed by atoms with E-state index >= 15 is 0 Å². The molecule has 3 N–H and O–H groups in total. The van der Waals surface area contributed by atoms with Crippen LogP contribution in [-0.4, -0.2) is 97.4 Å². The molecule has 3 saturated carbocycles. The Morgan fingerprint density at radius 1 is 1.04 bits per heavy atom. The summed E-state index contributed by atoms with van der Waals surface area (Å²) < 4.78 is 44.5. The maximum absolute atomic E-state index is 14.1. The highest BCUT2D eigenvalue weighted by Gasteiger charge is 2.62. The van der Waals surface area contributed by atoms with Crippen LogP contribution in [0.25, 0.3) is 0 Å². The van der Waals surface area contributed by atoms with Gasteiger partial charge in [0.15, 0.2) is 0 Å². The zero-order chi connectivity index (χ0) is 34.0. The van der Waals surface area contributed by atoms with Gasteiger partial charge in [-0.2, -0.15) is 0 Å². The smallest absolute Gasteiger partial charge is 0.408 e. The van der Waals surface area contributed by atoms with Gasteiger partial charge in [-0.05, 0) is 65.7 Å². The Kier molecular flexibility index (Phi) is 10.5. The number of esters is 1. The van der Waals surface area contributed by atoms with Gasteiger partial charge in [0.2, 0.25) is 21.8 Å². The van der Waals surface area contributed by atoms with Crippen molar-refractivity contribution >= 4 is 39.8 Å². The third kappa shape index (κ3) is 8.84. The van der Waals surface area contributed by atoms with E-state index in [9.17, 15) is 32.4 Å². The molecule has 262 valence electrons. The van der Waals surface area contributed by atoms with Crippen LogP contribution in [0, 0.1) is 11.8 Å². The number of nitrogens with zero attached hydrogens (tertiary/aromatic N) is 1. The largest absolute Gasteiger partial charge is 0.460 e. The second kappa shape index (κ2) is 14.1. The molecule has 4 fully saturated rings. The lowest BCUT2D eigenvalue weighted by atomic mass is 9.89. The highest BCUT2D eigenvalue weighted by atomic mass is 32.2. The normalized spacial score (nSPS) is 30.9. The molecule has 0 bridgehead atoms. The lowest BCUT2D eigenvalue weighted by Gasteiger charge is -2.30. The van der Waals surface area contributed by atoms with Gasteiger partial charge < -0.3 is 29.7 Å². The summed E-state index contributed by atoms with van der Waals surface area (Å²) in [5.74, 6) is -3.18. The molecule has 47 heavy (non-hydrogen) atoms. The number of carbonyl (C=O) groups is 5. The molecule has 14 nitrogen and oxygen atoms in total. The molecular formula is C32H48N4O10S. The van der Waals surface area contributed by atoms with Gasteiger partial charge in [0.1, 0.15) is 29.3 Å². The summed E-state index contributed by atoms with van der Waals surface area (Å²) in [6.07, 6.45) is 7.86. The first-order chi connectivity index (χ1) is 22.2. The molecule has 0 aromatic heterocycles. The van der Waals surface area contributed by atoms with E-state index in [0.29, 0.717) is 19.3 Å². The quantitative estimate of drug-likeness (QED) is 0.276. The molecule has 5 aliphatic rings. The molecule has 3 aliphatic carbocycles. The second-order valence-electron chi connectivity index (χ2n) is 14.4. The van der Waals surface area contributed by atoms with Gasteiger partial charge in [0.05, 0.1) is 24.3 Å². The van der Waals surface area contributed by atoms with E-state index in [1.807, 2.05) is 0 Å². The fraction of sp³-hybridized carbons (Fsp3) is 0.781. The van der Waals surface area contributed by atoms with Crippen LogP contribution in [0.2, 0.25) is 0 Å². The van der Waals surface area contributed by atoms with Crippen LogP contribution in [0.5, 0.6) is 0 Å². The molecule has 0 spiro atoms. The third-order valence-corrected chi connectivity index (χ3v) is 11.2. The van der Waals surface area contributed by atoms with Crippen molar-refractivity contribution < 1.29 is 46.6 Å². The SMILES string of the molecule is CC(C)(C)OC(=O)N[C@H]1CCCOCC=C[C@@H]2C[C@@]2(C(=O)NS(=O)(=O)C2CC2)NC(=O)[C@@H]2C[C@@H](OC(=O)C3CCCCC3)CN2C1=O. The minimum atomic E-state index is -3.90. The number of hydrogen-bond acceptors (Lipinski definition) is 10. The molecule has 5 atom stereocenters. The van der Waals surface area contributed by atoms with Gasteiger partial charge >= 0.3 is 12.1 Å². The maximum Gasteiger partial charge on any atom is 0.408 e.